The average Bonchev–Trinajstić information content (AvgIpc) is 3.04. The summed E-state index contributed by atoms with van der Waals surface area (Å²) in [5, 5.41) is 0. The fourth-order valence-electron chi connectivity index (χ4n) is 5.14. The number of amides is 1. The summed E-state index contributed by atoms with van der Waals surface area (Å²) >= 11 is 0. The van der Waals surface area contributed by atoms with Gasteiger partial charge in [0, 0.05) is 23.2 Å². The molecule has 2 bridgehead atoms. The number of alkyl halides is 6. The third-order valence-corrected chi connectivity index (χ3v) is 7.48. The molecule has 3 heterocycles. The first-order valence-electron chi connectivity index (χ1n) is 10.8. The Labute approximate surface area is 201 Å². The van der Waals surface area contributed by atoms with Gasteiger partial charge in [-0.15, -0.1) is 0 Å². The molecule has 3 aliphatic rings. The van der Waals surface area contributed by atoms with Gasteiger partial charge in [0.25, 0.3) is 0 Å². The summed E-state index contributed by atoms with van der Waals surface area (Å²) in [6.07, 6.45) is -4.01. The highest BCUT2D eigenvalue weighted by Gasteiger charge is 2.52. The van der Waals surface area contributed by atoms with E-state index in [1.807, 2.05) is 0 Å². The molecule has 2 aromatic carbocycles. The number of ether oxygens (including phenoxy) is 1. The van der Waals surface area contributed by atoms with Gasteiger partial charge >= 0.3 is 27.7 Å². The minimum atomic E-state index is -5.99. The van der Waals surface area contributed by atoms with Crippen LogP contribution in [-0.4, -0.2) is 43.0 Å². The quantitative estimate of drug-likeness (QED) is 0.246. The number of hydrogen-bond donors (Lipinski definition) is 0. The van der Waals surface area contributed by atoms with Crippen LogP contribution in [0.5, 0.6) is 17.2 Å². The van der Waals surface area contributed by atoms with Crippen molar-refractivity contribution < 1.29 is 48.5 Å². The molecule has 2 aromatic rings. The van der Waals surface area contributed by atoms with Crippen LogP contribution in [-0.2, 0) is 14.9 Å². The molecule has 2 saturated heterocycles. The van der Waals surface area contributed by atoms with E-state index in [1.165, 1.54) is 18.2 Å². The molecule has 13 heteroatoms. The molecule has 192 valence electrons. The van der Waals surface area contributed by atoms with E-state index in [1.54, 1.807) is 18.2 Å². The molecule has 2 fully saturated rings. The highest BCUT2D eigenvalue weighted by Crippen LogP contribution is 2.52. The molecule has 36 heavy (non-hydrogen) atoms. The maximum Gasteiger partial charge on any atom is 0.534 e. The fourth-order valence-corrected chi connectivity index (χ4v) is 5.61. The maximum atomic E-state index is 13.2. The first-order chi connectivity index (χ1) is 16.8. The van der Waals surface area contributed by atoms with E-state index in [4.69, 9.17) is 4.74 Å². The van der Waals surface area contributed by atoms with Crippen molar-refractivity contribution in [2.45, 2.75) is 49.5 Å². The molecule has 2 unspecified atom stereocenters. The number of hydrogen-bond acceptors (Lipinski definition) is 5. The van der Waals surface area contributed by atoms with Crippen molar-refractivity contribution in [1.29, 1.82) is 0 Å². The molecule has 0 radical (unpaired) electrons. The predicted molar refractivity (Wildman–Crippen MR) is 114 cm³/mol. The molecule has 3 aliphatic heterocycles. The summed E-state index contributed by atoms with van der Waals surface area (Å²) in [6, 6.07) is 8.97. The van der Waals surface area contributed by atoms with Gasteiger partial charge in [0.15, 0.2) is 11.5 Å². The van der Waals surface area contributed by atoms with Crippen molar-refractivity contribution in [3.8, 4) is 17.2 Å². The third kappa shape index (κ3) is 3.98. The van der Waals surface area contributed by atoms with Crippen LogP contribution in [0, 0.1) is 0 Å². The summed E-state index contributed by atoms with van der Waals surface area (Å²) < 4.78 is 112. The Balaban J connectivity index is 1.62. The second kappa shape index (κ2) is 8.15. The molecule has 0 spiro atoms. The minimum absolute atomic E-state index is 0.118. The summed E-state index contributed by atoms with van der Waals surface area (Å²) in [4.78, 5) is 12.9. The Hall–Kier alpha value is -3.22. The lowest BCUT2D eigenvalue weighted by Crippen LogP contribution is -2.50. The number of piperidine rings is 1. The highest BCUT2D eigenvalue weighted by atomic mass is 32.2. The summed E-state index contributed by atoms with van der Waals surface area (Å²) in [5.41, 5.74) is -3.67. The number of para-hydroxylation sites is 2. The smallest absolute Gasteiger partial charge is 0.452 e. The Morgan fingerprint density at radius 1 is 0.917 bits per heavy atom. The van der Waals surface area contributed by atoms with E-state index < -0.39 is 45.5 Å². The molecule has 2 atom stereocenters. The Morgan fingerprint density at radius 3 is 2.14 bits per heavy atom. The number of nitrogens with zero attached hydrogens (tertiary/aromatic N) is 1. The van der Waals surface area contributed by atoms with Crippen molar-refractivity contribution in [1.82, 2.24) is 4.90 Å². The Morgan fingerprint density at radius 2 is 1.53 bits per heavy atom. The van der Waals surface area contributed by atoms with Gasteiger partial charge in [0.05, 0.1) is 0 Å². The lowest BCUT2D eigenvalue weighted by molar-refractivity contribution is -0.189. The molecule has 0 saturated carbocycles. The van der Waals surface area contributed by atoms with Crippen LogP contribution in [0.3, 0.4) is 0 Å². The van der Waals surface area contributed by atoms with Crippen LogP contribution >= 0.6 is 0 Å². The van der Waals surface area contributed by atoms with E-state index in [9.17, 15) is 39.6 Å². The van der Waals surface area contributed by atoms with E-state index in [0.29, 0.717) is 29.6 Å². The number of rotatable bonds is 2. The van der Waals surface area contributed by atoms with Crippen LogP contribution in [0.4, 0.5) is 26.3 Å². The zero-order valence-corrected chi connectivity index (χ0v) is 19.0. The highest BCUT2D eigenvalue weighted by molar-refractivity contribution is 7.88. The van der Waals surface area contributed by atoms with Gasteiger partial charge in [-0.1, -0.05) is 35.9 Å². The van der Waals surface area contributed by atoms with Gasteiger partial charge in [-0.05, 0) is 43.4 Å². The first-order valence-corrected chi connectivity index (χ1v) is 12.2. The molecule has 0 aromatic heterocycles. The van der Waals surface area contributed by atoms with E-state index in [-0.39, 0.29) is 29.9 Å². The van der Waals surface area contributed by atoms with Crippen LogP contribution in [0.15, 0.2) is 48.0 Å². The van der Waals surface area contributed by atoms with Crippen molar-refractivity contribution in [2.24, 2.45) is 0 Å². The third-order valence-electron chi connectivity index (χ3n) is 6.51. The topological polar surface area (TPSA) is 72.9 Å². The maximum absolute atomic E-state index is 13.2. The molecule has 1 amide bonds. The number of carbonyl (C=O) groups is 1. The van der Waals surface area contributed by atoms with Gasteiger partial charge in [0.2, 0.25) is 0 Å². The van der Waals surface area contributed by atoms with Crippen molar-refractivity contribution >= 4 is 21.6 Å². The second-order valence-electron chi connectivity index (χ2n) is 8.70. The van der Waals surface area contributed by atoms with Crippen molar-refractivity contribution in [3.05, 3.63) is 59.2 Å². The van der Waals surface area contributed by atoms with Crippen LogP contribution in [0.2, 0.25) is 0 Å². The van der Waals surface area contributed by atoms with E-state index in [0.717, 1.165) is 11.0 Å². The lowest BCUT2D eigenvalue weighted by Gasteiger charge is -2.38. The molecular formula is C23H17F6NO5S. The Kier molecular flexibility index (Phi) is 5.54. The van der Waals surface area contributed by atoms with Crippen molar-refractivity contribution in [2.75, 3.05) is 0 Å². The van der Waals surface area contributed by atoms with Crippen molar-refractivity contribution in [3.63, 3.8) is 0 Å². The zero-order chi connectivity index (χ0) is 26.0. The number of fused-ring (bicyclic) bond motifs is 4. The van der Waals surface area contributed by atoms with Gasteiger partial charge in [-0.25, -0.2) is 0 Å². The summed E-state index contributed by atoms with van der Waals surface area (Å²) in [5.74, 6) is -2.60. The average molecular weight is 533 g/mol. The second-order valence-corrected chi connectivity index (χ2v) is 10.2. The van der Waals surface area contributed by atoms with Crippen LogP contribution in [0.1, 0.15) is 36.8 Å². The molecular weight excluding hydrogens is 516 g/mol. The molecule has 6 nitrogen and oxygen atoms in total. The Bertz CT molecular complexity index is 1370. The summed E-state index contributed by atoms with van der Waals surface area (Å²) in [6.45, 7) is 0. The van der Waals surface area contributed by atoms with Gasteiger partial charge < -0.3 is 13.8 Å². The fraction of sp³-hybridized carbons (Fsp3) is 0.348. The molecule has 0 aliphatic carbocycles. The van der Waals surface area contributed by atoms with Gasteiger partial charge in [-0.2, -0.15) is 34.8 Å². The predicted octanol–water partition coefficient (Wildman–Crippen LogP) is 5.54. The van der Waals surface area contributed by atoms with Gasteiger partial charge in [-0.3, -0.25) is 4.79 Å². The monoisotopic (exact) mass is 533 g/mol. The SMILES string of the molecule is O=C(N1C2CCC1CC(=C1c3ccccc3Oc3c(OS(=O)(=O)C(F)(F)F)cccc31)C2)C(F)(F)F. The zero-order valence-electron chi connectivity index (χ0n) is 18.2. The number of benzene rings is 2. The minimum Gasteiger partial charge on any atom is -0.452 e. The summed E-state index contributed by atoms with van der Waals surface area (Å²) in [7, 11) is -5.99. The lowest BCUT2D eigenvalue weighted by atomic mass is 9.84. The molecule has 0 N–H and O–H groups in total. The van der Waals surface area contributed by atoms with Gasteiger partial charge in [0.1, 0.15) is 5.75 Å². The molecule has 5 rings (SSSR count). The van der Waals surface area contributed by atoms with E-state index in [2.05, 4.69) is 4.18 Å². The van der Waals surface area contributed by atoms with Crippen LogP contribution in [0.25, 0.3) is 5.57 Å². The standard InChI is InChI=1S/C23H17F6NO5S/c24-22(25,26)21(31)30-13-8-9-14(30)11-12(10-13)19-15-4-1-2-6-17(15)34-20-16(19)5-3-7-18(20)35-36(32,33)23(27,28)29/h1-7,13-14H,8-11H2. The number of carbonyl (C=O) groups excluding carboxylic acids is 1. The first kappa shape index (κ1) is 24.5. The van der Waals surface area contributed by atoms with E-state index >= 15 is 0 Å². The van der Waals surface area contributed by atoms with Crippen LogP contribution < -0.4 is 8.92 Å². The number of halogens is 6. The largest absolute Gasteiger partial charge is 0.534 e. The normalized spacial score (nSPS) is 21.6.